The van der Waals surface area contributed by atoms with Gasteiger partial charge in [-0.15, -0.1) is 0 Å². The Morgan fingerprint density at radius 2 is 2.00 bits per heavy atom. The fraction of sp³-hybridized carbons (Fsp3) is 0.250. The quantitative estimate of drug-likeness (QED) is 0.831. The maximum atomic E-state index is 5.55. The number of oxazole rings is 1. The first-order chi connectivity index (χ1) is 7.35. The summed E-state index contributed by atoms with van der Waals surface area (Å²) in [7, 11) is 0. The van der Waals surface area contributed by atoms with Gasteiger partial charge in [0.1, 0.15) is 11.5 Å². The van der Waals surface area contributed by atoms with Crippen molar-refractivity contribution in [1.29, 1.82) is 0 Å². The average Bonchev–Trinajstić information content (AvgIpc) is 2.77. The first-order valence-electron chi connectivity index (χ1n) is 5.07. The molecule has 0 amide bonds. The van der Waals surface area contributed by atoms with Gasteiger partial charge in [0.05, 0.1) is 6.54 Å². The molecule has 1 aromatic heterocycles. The van der Waals surface area contributed by atoms with Crippen molar-refractivity contribution in [2.45, 2.75) is 19.9 Å². The van der Waals surface area contributed by atoms with Crippen molar-refractivity contribution >= 4 is 0 Å². The Bertz CT molecular complexity index is 431. The minimum atomic E-state index is 0.380. The Balaban J connectivity index is 2.37. The molecule has 1 heterocycles. The molecule has 0 spiro atoms. The highest BCUT2D eigenvalue weighted by Gasteiger charge is 2.08. The van der Waals surface area contributed by atoms with Crippen LogP contribution in [0.15, 0.2) is 35.1 Å². The minimum absolute atomic E-state index is 0.380. The number of aromatic nitrogens is 1. The Morgan fingerprint density at radius 3 is 2.60 bits per heavy atom. The van der Waals surface area contributed by atoms with Crippen molar-refractivity contribution in [3.63, 3.8) is 0 Å². The molecule has 78 valence electrons. The predicted molar refractivity (Wildman–Crippen MR) is 59.2 cm³/mol. The van der Waals surface area contributed by atoms with Crippen LogP contribution < -0.4 is 5.73 Å². The lowest BCUT2D eigenvalue weighted by Gasteiger charge is -2.00. The number of hydrogen-bond donors (Lipinski definition) is 1. The third-order valence-corrected chi connectivity index (χ3v) is 2.46. The third-order valence-electron chi connectivity index (χ3n) is 2.46. The summed E-state index contributed by atoms with van der Waals surface area (Å²) in [6.45, 7) is 2.52. The van der Waals surface area contributed by atoms with Crippen LogP contribution in [-0.2, 0) is 13.0 Å². The molecule has 15 heavy (non-hydrogen) atoms. The highest BCUT2D eigenvalue weighted by atomic mass is 16.3. The number of nitrogens with zero attached hydrogens (tertiary/aromatic N) is 1. The molecule has 1 aromatic carbocycles. The standard InChI is InChI=1S/C12H14N2O/c1-2-9-3-5-10(6-4-9)12-11(7-13)15-8-14-12/h3-6,8H,2,7,13H2,1H3. The van der Waals surface area contributed by atoms with E-state index >= 15 is 0 Å². The van der Waals surface area contributed by atoms with Gasteiger partial charge in [-0.05, 0) is 12.0 Å². The molecule has 2 N–H and O–H groups in total. The van der Waals surface area contributed by atoms with Crippen molar-refractivity contribution in [1.82, 2.24) is 4.98 Å². The molecule has 0 bridgehead atoms. The molecular weight excluding hydrogens is 188 g/mol. The summed E-state index contributed by atoms with van der Waals surface area (Å²) in [5.74, 6) is 0.735. The second-order valence-electron chi connectivity index (χ2n) is 3.38. The summed E-state index contributed by atoms with van der Waals surface area (Å²) in [5.41, 5.74) is 8.78. The number of hydrogen-bond acceptors (Lipinski definition) is 3. The van der Waals surface area contributed by atoms with Crippen molar-refractivity contribution in [2.24, 2.45) is 5.73 Å². The Morgan fingerprint density at radius 1 is 1.27 bits per heavy atom. The van der Waals surface area contributed by atoms with Crippen LogP contribution in [0.25, 0.3) is 11.3 Å². The number of benzene rings is 1. The lowest BCUT2D eigenvalue weighted by Crippen LogP contribution is -1.96. The Labute approximate surface area is 88.9 Å². The third kappa shape index (κ3) is 1.92. The van der Waals surface area contributed by atoms with Gasteiger partial charge in [-0.1, -0.05) is 31.2 Å². The average molecular weight is 202 g/mol. The summed E-state index contributed by atoms with van der Waals surface area (Å²) in [5, 5.41) is 0. The van der Waals surface area contributed by atoms with Gasteiger partial charge in [-0.3, -0.25) is 0 Å². The monoisotopic (exact) mass is 202 g/mol. The maximum absolute atomic E-state index is 5.55. The van der Waals surface area contributed by atoms with Gasteiger partial charge in [0.25, 0.3) is 0 Å². The summed E-state index contributed by atoms with van der Waals surface area (Å²) in [6, 6.07) is 8.31. The van der Waals surface area contributed by atoms with Gasteiger partial charge >= 0.3 is 0 Å². The van der Waals surface area contributed by atoms with E-state index in [1.54, 1.807) is 0 Å². The van der Waals surface area contributed by atoms with E-state index in [-0.39, 0.29) is 0 Å². The molecular formula is C12H14N2O. The van der Waals surface area contributed by atoms with Gasteiger partial charge < -0.3 is 10.2 Å². The van der Waals surface area contributed by atoms with E-state index < -0.39 is 0 Å². The van der Waals surface area contributed by atoms with Crippen LogP contribution in [0, 0.1) is 0 Å². The molecule has 0 aliphatic heterocycles. The van der Waals surface area contributed by atoms with Crippen LogP contribution in [0.5, 0.6) is 0 Å². The summed E-state index contributed by atoms with van der Waals surface area (Å²) in [6.07, 6.45) is 2.48. The largest absolute Gasteiger partial charge is 0.446 e. The number of nitrogens with two attached hydrogens (primary N) is 1. The highest BCUT2D eigenvalue weighted by Crippen LogP contribution is 2.22. The van der Waals surface area contributed by atoms with Crippen LogP contribution in [0.3, 0.4) is 0 Å². The second kappa shape index (κ2) is 4.28. The first kappa shape index (κ1) is 9.93. The fourth-order valence-electron chi connectivity index (χ4n) is 1.55. The zero-order chi connectivity index (χ0) is 10.7. The Hall–Kier alpha value is -1.61. The first-order valence-corrected chi connectivity index (χ1v) is 5.07. The van der Waals surface area contributed by atoms with Crippen LogP contribution in [0.4, 0.5) is 0 Å². The molecule has 2 rings (SSSR count). The Kier molecular flexibility index (Phi) is 2.83. The van der Waals surface area contributed by atoms with Crippen molar-refractivity contribution in [3.8, 4) is 11.3 Å². The summed E-state index contributed by atoms with van der Waals surface area (Å²) in [4.78, 5) is 4.17. The molecule has 0 unspecified atom stereocenters. The van der Waals surface area contributed by atoms with Crippen LogP contribution in [-0.4, -0.2) is 4.98 Å². The van der Waals surface area contributed by atoms with Crippen molar-refractivity contribution in [2.75, 3.05) is 0 Å². The minimum Gasteiger partial charge on any atom is -0.446 e. The van der Waals surface area contributed by atoms with Gasteiger partial charge in [-0.25, -0.2) is 4.98 Å². The van der Waals surface area contributed by atoms with Crippen LogP contribution in [0.2, 0.25) is 0 Å². The fourth-order valence-corrected chi connectivity index (χ4v) is 1.55. The maximum Gasteiger partial charge on any atom is 0.181 e. The molecule has 0 radical (unpaired) electrons. The number of aryl methyl sites for hydroxylation is 1. The lowest BCUT2D eigenvalue weighted by atomic mass is 10.1. The molecule has 0 saturated carbocycles. The molecule has 0 aliphatic carbocycles. The van der Waals surface area contributed by atoms with Gasteiger partial charge in [0.2, 0.25) is 0 Å². The topological polar surface area (TPSA) is 52.0 Å². The van der Waals surface area contributed by atoms with Gasteiger partial charge in [-0.2, -0.15) is 0 Å². The lowest BCUT2D eigenvalue weighted by molar-refractivity contribution is 0.507. The molecule has 0 saturated heterocycles. The zero-order valence-corrected chi connectivity index (χ0v) is 8.73. The van der Waals surface area contributed by atoms with E-state index in [0.29, 0.717) is 6.54 Å². The number of rotatable bonds is 3. The van der Waals surface area contributed by atoms with E-state index in [9.17, 15) is 0 Å². The molecule has 2 aromatic rings. The summed E-state index contributed by atoms with van der Waals surface area (Å²) >= 11 is 0. The van der Waals surface area contributed by atoms with E-state index in [4.69, 9.17) is 10.2 Å². The van der Waals surface area contributed by atoms with E-state index in [1.165, 1.54) is 12.0 Å². The van der Waals surface area contributed by atoms with E-state index in [0.717, 1.165) is 23.4 Å². The van der Waals surface area contributed by atoms with Gasteiger partial charge in [0.15, 0.2) is 6.39 Å². The van der Waals surface area contributed by atoms with Crippen molar-refractivity contribution < 1.29 is 4.42 Å². The predicted octanol–water partition coefficient (Wildman–Crippen LogP) is 2.36. The van der Waals surface area contributed by atoms with Crippen LogP contribution >= 0.6 is 0 Å². The van der Waals surface area contributed by atoms with E-state index in [1.807, 2.05) is 0 Å². The van der Waals surface area contributed by atoms with Crippen LogP contribution in [0.1, 0.15) is 18.2 Å². The molecule has 0 aliphatic rings. The molecule has 0 fully saturated rings. The normalized spacial score (nSPS) is 10.5. The van der Waals surface area contributed by atoms with E-state index in [2.05, 4.69) is 36.2 Å². The smallest absolute Gasteiger partial charge is 0.181 e. The second-order valence-corrected chi connectivity index (χ2v) is 3.38. The van der Waals surface area contributed by atoms with Gasteiger partial charge in [0, 0.05) is 5.56 Å². The molecule has 3 nitrogen and oxygen atoms in total. The zero-order valence-electron chi connectivity index (χ0n) is 8.73. The SMILES string of the molecule is CCc1ccc(-c2ncoc2CN)cc1. The molecule has 3 heteroatoms. The van der Waals surface area contributed by atoms with Crippen molar-refractivity contribution in [3.05, 3.63) is 42.0 Å². The highest BCUT2D eigenvalue weighted by molar-refractivity contribution is 5.61. The molecule has 0 atom stereocenters. The summed E-state index contributed by atoms with van der Waals surface area (Å²) < 4.78 is 5.19.